The number of hydrogen-bond acceptors (Lipinski definition) is 5. The minimum Gasteiger partial charge on any atom is -0.352 e. The summed E-state index contributed by atoms with van der Waals surface area (Å²) in [5.41, 5.74) is 5.77. The molecule has 3 N–H and O–H groups in total. The van der Waals surface area contributed by atoms with Crippen LogP contribution >= 0.6 is 12.4 Å². The minimum atomic E-state index is -3.63. The van der Waals surface area contributed by atoms with Crippen LogP contribution in [0, 0.1) is 0 Å². The van der Waals surface area contributed by atoms with Crippen molar-refractivity contribution in [2.45, 2.75) is 18.2 Å². The van der Waals surface area contributed by atoms with E-state index in [9.17, 15) is 18.0 Å². The summed E-state index contributed by atoms with van der Waals surface area (Å²) in [6.07, 6.45) is 0.685. The maximum absolute atomic E-state index is 12.7. The number of nitrogens with zero attached hydrogens (tertiary/aromatic N) is 2. The molecular formula is C16H25ClN4O4S. The van der Waals surface area contributed by atoms with Gasteiger partial charge in [-0.15, -0.1) is 12.4 Å². The molecule has 1 aromatic carbocycles. The molecule has 0 bridgehead atoms. The summed E-state index contributed by atoms with van der Waals surface area (Å²) in [6.45, 7) is 3.75. The summed E-state index contributed by atoms with van der Waals surface area (Å²) in [6, 6.07) is 5.86. The van der Waals surface area contributed by atoms with Gasteiger partial charge in [-0.1, -0.05) is 0 Å². The average molecular weight is 405 g/mol. The van der Waals surface area contributed by atoms with E-state index < -0.39 is 10.0 Å². The lowest BCUT2D eigenvalue weighted by Gasteiger charge is -2.33. The number of carbonyl (C=O) groups is 2. The van der Waals surface area contributed by atoms with Crippen LogP contribution in [0.25, 0.3) is 0 Å². The van der Waals surface area contributed by atoms with E-state index in [0.29, 0.717) is 38.2 Å². The molecule has 0 atom stereocenters. The van der Waals surface area contributed by atoms with Gasteiger partial charge >= 0.3 is 0 Å². The number of nitrogens with one attached hydrogen (secondary N) is 1. The smallest absolute Gasteiger partial charge is 0.251 e. The van der Waals surface area contributed by atoms with Gasteiger partial charge in [0.2, 0.25) is 15.9 Å². The molecule has 0 aliphatic carbocycles. The van der Waals surface area contributed by atoms with Crippen LogP contribution in [0.2, 0.25) is 0 Å². The van der Waals surface area contributed by atoms with Crippen molar-refractivity contribution in [2.75, 3.05) is 39.3 Å². The van der Waals surface area contributed by atoms with Crippen LogP contribution in [-0.4, -0.2) is 68.7 Å². The van der Waals surface area contributed by atoms with Gasteiger partial charge in [-0.2, -0.15) is 4.31 Å². The molecule has 10 heteroatoms. The Balaban J connectivity index is 0.00000338. The number of halogens is 1. The van der Waals surface area contributed by atoms with E-state index in [1.807, 2.05) is 0 Å². The summed E-state index contributed by atoms with van der Waals surface area (Å²) in [4.78, 5) is 25.0. The average Bonchev–Trinajstić information content (AvgIpc) is 2.62. The first kappa shape index (κ1) is 22.4. The van der Waals surface area contributed by atoms with E-state index in [1.54, 1.807) is 4.90 Å². The monoisotopic (exact) mass is 404 g/mol. The first-order valence-electron chi connectivity index (χ1n) is 8.20. The van der Waals surface area contributed by atoms with Crippen LogP contribution in [0.3, 0.4) is 0 Å². The predicted octanol–water partition coefficient (Wildman–Crippen LogP) is 0.0398. The van der Waals surface area contributed by atoms with E-state index in [4.69, 9.17) is 5.73 Å². The first-order chi connectivity index (χ1) is 11.9. The van der Waals surface area contributed by atoms with Crippen molar-refractivity contribution in [3.05, 3.63) is 29.8 Å². The van der Waals surface area contributed by atoms with Crippen molar-refractivity contribution < 1.29 is 18.0 Å². The van der Waals surface area contributed by atoms with Crippen LogP contribution in [0.4, 0.5) is 0 Å². The zero-order valence-corrected chi connectivity index (χ0v) is 16.3. The van der Waals surface area contributed by atoms with Crippen LogP contribution < -0.4 is 11.1 Å². The number of hydrogen-bond donors (Lipinski definition) is 2. The molecule has 0 aromatic heterocycles. The molecule has 1 fully saturated rings. The Hall–Kier alpha value is -1.68. The Labute approximate surface area is 160 Å². The van der Waals surface area contributed by atoms with Gasteiger partial charge in [0.25, 0.3) is 5.91 Å². The van der Waals surface area contributed by atoms with Crippen LogP contribution in [0.15, 0.2) is 29.2 Å². The largest absolute Gasteiger partial charge is 0.352 e. The predicted molar refractivity (Wildman–Crippen MR) is 101 cm³/mol. The molecule has 1 aliphatic heterocycles. The number of piperazine rings is 1. The van der Waals surface area contributed by atoms with Crippen molar-refractivity contribution in [3.8, 4) is 0 Å². The summed E-state index contributed by atoms with van der Waals surface area (Å²) in [5, 5.41) is 2.72. The third kappa shape index (κ3) is 5.41. The molecule has 1 saturated heterocycles. The Kier molecular flexibility index (Phi) is 8.48. The molecule has 1 aliphatic rings. The third-order valence-electron chi connectivity index (χ3n) is 4.10. The standard InChI is InChI=1S/C16H24N4O4S.ClH/c1-13(21)19-9-11-20(12-10-19)25(23,24)15-5-3-14(4-6-15)16(22)18-8-2-7-17;/h3-6H,2,7-12,17H2,1H3,(H,18,22);1H. The summed E-state index contributed by atoms with van der Waals surface area (Å²) < 4.78 is 26.7. The molecule has 2 rings (SSSR count). The maximum Gasteiger partial charge on any atom is 0.251 e. The van der Waals surface area contributed by atoms with Crippen molar-refractivity contribution in [3.63, 3.8) is 0 Å². The fourth-order valence-electron chi connectivity index (χ4n) is 2.58. The zero-order valence-electron chi connectivity index (χ0n) is 14.7. The lowest BCUT2D eigenvalue weighted by Crippen LogP contribution is -2.49. The van der Waals surface area contributed by atoms with Gasteiger partial charge in [-0.25, -0.2) is 8.42 Å². The number of carbonyl (C=O) groups excluding carboxylic acids is 2. The molecule has 0 saturated carbocycles. The lowest BCUT2D eigenvalue weighted by molar-refractivity contribution is -0.129. The fraction of sp³-hybridized carbons (Fsp3) is 0.500. The summed E-state index contributed by atoms with van der Waals surface area (Å²) in [7, 11) is -3.63. The Morgan fingerprint density at radius 3 is 2.19 bits per heavy atom. The molecule has 26 heavy (non-hydrogen) atoms. The topological polar surface area (TPSA) is 113 Å². The number of rotatable bonds is 6. The van der Waals surface area contributed by atoms with Gasteiger partial charge in [0.05, 0.1) is 4.90 Å². The molecule has 1 heterocycles. The highest BCUT2D eigenvalue weighted by Crippen LogP contribution is 2.18. The van der Waals surface area contributed by atoms with Crippen molar-refractivity contribution >= 4 is 34.2 Å². The maximum atomic E-state index is 12.7. The van der Waals surface area contributed by atoms with Gasteiger partial charge < -0.3 is 16.0 Å². The second kappa shape index (κ2) is 9.86. The van der Waals surface area contributed by atoms with Crippen molar-refractivity contribution in [1.82, 2.24) is 14.5 Å². The summed E-state index contributed by atoms with van der Waals surface area (Å²) >= 11 is 0. The van der Waals surface area contributed by atoms with Crippen LogP contribution in [-0.2, 0) is 14.8 Å². The van der Waals surface area contributed by atoms with Gasteiger partial charge in [0, 0.05) is 45.2 Å². The molecular weight excluding hydrogens is 380 g/mol. The minimum absolute atomic E-state index is 0. The van der Waals surface area contributed by atoms with Gasteiger partial charge in [0.1, 0.15) is 0 Å². The second-order valence-corrected chi connectivity index (χ2v) is 7.77. The molecule has 0 spiro atoms. The van der Waals surface area contributed by atoms with Crippen LogP contribution in [0.1, 0.15) is 23.7 Å². The molecule has 8 nitrogen and oxygen atoms in total. The molecule has 146 valence electrons. The summed E-state index contributed by atoms with van der Waals surface area (Å²) in [5.74, 6) is -0.311. The van der Waals surface area contributed by atoms with E-state index in [2.05, 4.69) is 5.32 Å². The molecule has 2 amide bonds. The van der Waals surface area contributed by atoms with Gasteiger partial charge in [-0.05, 0) is 37.2 Å². The van der Waals surface area contributed by atoms with E-state index in [1.165, 1.54) is 35.5 Å². The zero-order chi connectivity index (χ0) is 18.4. The van der Waals surface area contributed by atoms with Gasteiger partial charge in [0.15, 0.2) is 0 Å². The first-order valence-corrected chi connectivity index (χ1v) is 9.64. The Morgan fingerprint density at radius 1 is 1.12 bits per heavy atom. The number of benzene rings is 1. The van der Waals surface area contributed by atoms with E-state index in [-0.39, 0.29) is 42.2 Å². The van der Waals surface area contributed by atoms with Crippen molar-refractivity contribution in [1.29, 1.82) is 0 Å². The lowest BCUT2D eigenvalue weighted by atomic mass is 10.2. The second-order valence-electron chi connectivity index (χ2n) is 5.83. The molecule has 0 unspecified atom stereocenters. The highest BCUT2D eigenvalue weighted by Gasteiger charge is 2.29. The quantitative estimate of drug-likeness (QED) is 0.650. The SMILES string of the molecule is CC(=O)N1CCN(S(=O)(=O)c2ccc(C(=O)NCCCN)cc2)CC1.Cl. The van der Waals surface area contributed by atoms with E-state index >= 15 is 0 Å². The number of nitrogens with two attached hydrogens (primary N) is 1. The normalized spacial score (nSPS) is 15.2. The molecule has 1 aromatic rings. The third-order valence-corrected chi connectivity index (χ3v) is 6.02. The Bertz CT molecular complexity index is 716. The molecule has 0 radical (unpaired) electrons. The van der Waals surface area contributed by atoms with Crippen molar-refractivity contribution in [2.24, 2.45) is 5.73 Å². The highest BCUT2D eigenvalue weighted by molar-refractivity contribution is 7.89. The number of amides is 2. The van der Waals surface area contributed by atoms with E-state index in [0.717, 1.165) is 0 Å². The number of sulfonamides is 1. The van der Waals surface area contributed by atoms with Gasteiger partial charge in [-0.3, -0.25) is 9.59 Å². The Morgan fingerprint density at radius 2 is 1.69 bits per heavy atom. The fourth-order valence-corrected chi connectivity index (χ4v) is 4.00. The highest BCUT2D eigenvalue weighted by atomic mass is 35.5. The van der Waals surface area contributed by atoms with Crippen LogP contribution in [0.5, 0.6) is 0 Å².